The highest BCUT2D eigenvalue weighted by Crippen LogP contribution is 2.13. The number of hydrogen-bond acceptors (Lipinski definition) is 4. The molecule has 0 radical (unpaired) electrons. The van der Waals surface area contributed by atoms with Crippen LogP contribution in [0.4, 0.5) is 8.78 Å². The van der Waals surface area contributed by atoms with Gasteiger partial charge in [-0.1, -0.05) is 18.2 Å². The summed E-state index contributed by atoms with van der Waals surface area (Å²) in [5.41, 5.74) is 0.0334. The summed E-state index contributed by atoms with van der Waals surface area (Å²) >= 11 is 0. The van der Waals surface area contributed by atoms with Gasteiger partial charge in [-0.3, -0.25) is 4.79 Å². The summed E-state index contributed by atoms with van der Waals surface area (Å²) in [6, 6.07) is 8.63. The predicted octanol–water partition coefficient (Wildman–Crippen LogP) is 1.94. The fraction of sp³-hybridized carbons (Fsp3) is 0.222. The molecule has 2 N–H and O–H groups in total. The molecule has 6 nitrogen and oxygen atoms in total. The van der Waals surface area contributed by atoms with Crippen molar-refractivity contribution < 1.29 is 31.9 Å². The molecule has 27 heavy (non-hydrogen) atoms. The molecule has 0 fully saturated rings. The standard InChI is InChI=1S/C18H17F2NO5S/c19-13-8-12(9-14(20)11-13)10-17(22)21-16(18(23)24)6-7-27(25,26)15-4-2-1-3-5-15/h1-5,8-9,11,16H,6-7,10H2,(H,21,22)(H,23,24)/t16-/m0/s1. The molecular formula is C18H17F2NO5S. The van der Waals surface area contributed by atoms with Crippen molar-refractivity contribution in [1.29, 1.82) is 0 Å². The Kier molecular flexibility index (Phi) is 6.62. The number of benzene rings is 2. The van der Waals surface area contributed by atoms with Crippen LogP contribution in [0.1, 0.15) is 12.0 Å². The summed E-state index contributed by atoms with van der Waals surface area (Å²) in [6.45, 7) is 0. The van der Waals surface area contributed by atoms with Crippen molar-refractivity contribution in [2.24, 2.45) is 0 Å². The van der Waals surface area contributed by atoms with Gasteiger partial charge in [0.25, 0.3) is 0 Å². The number of carbonyl (C=O) groups is 2. The van der Waals surface area contributed by atoms with Crippen molar-refractivity contribution in [3.63, 3.8) is 0 Å². The van der Waals surface area contributed by atoms with Crippen LogP contribution in [-0.2, 0) is 25.8 Å². The Morgan fingerprint density at radius 1 is 1.04 bits per heavy atom. The van der Waals surface area contributed by atoms with Crippen LogP contribution in [0, 0.1) is 11.6 Å². The maximum atomic E-state index is 13.1. The van der Waals surface area contributed by atoms with E-state index >= 15 is 0 Å². The molecular weight excluding hydrogens is 380 g/mol. The first kappa shape index (κ1) is 20.5. The summed E-state index contributed by atoms with van der Waals surface area (Å²) in [7, 11) is -3.71. The molecule has 0 saturated heterocycles. The number of sulfone groups is 1. The van der Waals surface area contributed by atoms with Gasteiger partial charge in [0.2, 0.25) is 5.91 Å². The van der Waals surface area contributed by atoms with Crippen molar-refractivity contribution in [2.45, 2.75) is 23.8 Å². The number of rotatable bonds is 8. The molecule has 0 aromatic heterocycles. The second kappa shape index (κ2) is 8.72. The van der Waals surface area contributed by atoms with E-state index in [-0.39, 0.29) is 16.9 Å². The van der Waals surface area contributed by atoms with Gasteiger partial charge in [-0.2, -0.15) is 0 Å². The van der Waals surface area contributed by atoms with Crippen LogP contribution in [0.2, 0.25) is 0 Å². The van der Waals surface area contributed by atoms with Gasteiger partial charge in [0.05, 0.1) is 17.1 Å². The van der Waals surface area contributed by atoms with Crippen LogP contribution in [0.15, 0.2) is 53.4 Å². The van der Waals surface area contributed by atoms with E-state index in [0.717, 1.165) is 12.1 Å². The maximum absolute atomic E-state index is 13.1. The third kappa shape index (κ3) is 6.14. The maximum Gasteiger partial charge on any atom is 0.326 e. The molecule has 2 aromatic carbocycles. The average molecular weight is 397 g/mol. The van der Waals surface area contributed by atoms with Gasteiger partial charge in [-0.25, -0.2) is 22.0 Å². The van der Waals surface area contributed by atoms with E-state index in [1.807, 2.05) is 0 Å². The van der Waals surface area contributed by atoms with Gasteiger partial charge in [0.15, 0.2) is 9.84 Å². The number of amides is 1. The Morgan fingerprint density at radius 2 is 1.63 bits per heavy atom. The Bertz CT molecular complexity index is 912. The van der Waals surface area contributed by atoms with E-state index in [1.54, 1.807) is 18.2 Å². The number of carboxylic acid groups (broad SMARTS) is 1. The summed E-state index contributed by atoms with van der Waals surface area (Å²) in [5, 5.41) is 11.4. The zero-order valence-electron chi connectivity index (χ0n) is 14.1. The lowest BCUT2D eigenvalue weighted by Crippen LogP contribution is -2.42. The van der Waals surface area contributed by atoms with Crippen molar-refractivity contribution in [2.75, 3.05) is 5.75 Å². The third-order valence-corrected chi connectivity index (χ3v) is 5.46. The van der Waals surface area contributed by atoms with Crippen LogP contribution < -0.4 is 5.32 Å². The molecule has 0 aliphatic heterocycles. The third-order valence-electron chi connectivity index (χ3n) is 3.70. The highest BCUT2D eigenvalue weighted by Gasteiger charge is 2.24. The Hall–Kier alpha value is -2.81. The van der Waals surface area contributed by atoms with Crippen LogP contribution in [-0.4, -0.2) is 37.2 Å². The number of aliphatic carboxylic acids is 1. The molecule has 0 unspecified atom stereocenters. The molecule has 0 spiro atoms. The molecule has 0 heterocycles. The van der Waals surface area contributed by atoms with Crippen LogP contribution in [0.5, 0.6) is 0 Å². The van der Waals surface area contributed by atoms with Gasteiger partial charge in [-0.15, -0.1) is 0 Å². The van der Waals surface area contributed by atoms with E-state index in [4.69, 9.17) is 0 Å². The number of halogens is 2. The molecule has 144 valence electrons. The topological polar surface area (TPSA) is 101 Å². The largest absolute Gasteiger partial charge is 0.480 e. The Labute approximate surface area is 154 Å². The van der Waals surface area contributed by atoms with E-state index in [0.29, 0.717) is 6.07 Å². The molecule has 2 rings (SSSR count). The Balaban J connectivity index is 2.01. The van der Waals surface area contributed by atoms with Crippen molar-refractivity contribution in [1.82, 2.24) is 5.32 Å². The van der Waals surface area contributed by atoms with E-state index < -0.39 is 51.6 Å². The number of nitrogens with one attached hydrogen (secondary N) is 1. The predicted molar refractivity (Wildman–Crippen MR) is 92.7 cm³/mol. The van der Waals surface area contributed by atoms with E-state index in [2.05, 4.69) is 5.32 Å². The second-order valence-electron chi connectivity index (χ2n) is 5.83. The van der Waals surface area contributed by atoms with Gasteiger partial charge in [-0.05, 0) is 36.2 Å². The van der Waals surface area contributed by atoms with Crippen LogP contribution in [0.3, 0.4) is 0 Å². The summed E-state index contributed by atoms with van der Waals surface area (Å²) in [6.07, 6.45) is -0.792. The highest BCUT2D eigenvalue weighted by atomic mass is 32.2. The first-order valence-corrected chi connectivity index (χ1v) is 9.57. The molecule has 0 bridgehead atoms. The number of hydrogen-bond donors (Lipinski definition) is 2. The van der Waals surface area contributed by atoms with Crippen molar-refractivity contribution in [3.05, 3.63) is 65.7 Å². The fourth-order valence-corrected chi connectivity index (χ4v) is 3.77. The summed E-state index contributed by atoms with van der Waals surface area (Å²) in [4.78, 5) is 23.3. The van der Waals surface area contributed by atoms with E-state index in [9.17, 15) is 31.9 Å². The average Bonchev–Trinajstić information content (AvgIpc) is 2.58. The lowest BCUT2D eigenvalue weighted by molar-refractivity contribution is -0.141. The smallest absolute Gasteiger partial charge is 0.326 e. The lowest BCUT2D eigenvalue weighted by Gasteiger charge is -2.15. The number of carboxylic acids is 1. The van der Waals surface area contributed by atoms with Crippen LogP contribution in [0.25, 0.3) is 0 Å². The molecule has 9 heteroatoms. The van der Waals surface area contributed by atoms with Gasteiger partial charge in [0.1, 0.15) is 17.7 Å². The fourth-order valence-electron chi connectivity index (χ4n) is 2.42. The summed E-state index contributed by atoms with van der Waals surface area (Å²) in [5.74, 6) is -4.40. The minimum absolute atomic E-state index is 0.0334. The van der Waals surface area contributed by atoms with Crippen molar-refractivity contribution >= 4 is 21.7 Å². The molecule has 2 aromatic rings. The molecule has 0 aliphatic rings. The van der Waals surface area contributed by atoms with Gasteiger partial charge in [0, 0.05) is 6.07 Å². The zero-order valence-corrected chi connectivity index (χ0v) is 14.9. The highest BCUT2D eigenvalue weighted by molar-refractivity contribution is 7.91. The first-order chi connectivity index (χ1) is 12.7. The SMILES string of the molecule is O=C(Cc1cc(F)cc(F)c1)N[C@@H](CCS(=O)(=O)c1ccccc1)C(=O)O. The molecule has 0 aliphatic carbocycles. The summed E-state index contributed by atoms with van der Waals surface area (Å²) < 4.78 is 50.7. The Morgan fingerprint density at radius 3 is 2.19 bits per heavy atom. The van der Waals surface area contributed by atoms with E-state index in [1.165, 1.54) is 12.1 Å². The zero-order chi connectivity index (χ0) is 20.0. The second-order valence-corrected chi connectivity index (χ2v) is 7.94. The molecule has 1 amide bonds. The number of carbonyl (C=O) groups excluding carboxylic acids is 1. The van der Waals surface area contributed by atoms with Crippen molar-refractivity contribution in [3.8, 4) is 0 Å². The minimum atomic E-state index is -3.71. The van der Waals surface area contributed by atoms with Crippen LogP contribution >= 0.6 is 0 Å². The first-order valence-electron chi connectivity index (χ1n) is 7.92. The molecule has 1 atom stereocenters. The van der Waals surface area contributed by atoms with Gasteiger partial charge < -0.3 is 10.4 Å². The lowest BCUT2D eigenvalue weighted by atomic mass is 10.1. The normalized spacial score (nSPS) is 12.4. The monoisotopic (exact) mass is 397 g/mol. The van der Waals surface area contributed by atoms with Gasteiger partial charge >= 0.3 is 5.97 Å². The molecule has 0 saturated carbocycles. The quantitative estimate of drug-likeness (QED) is 0.709. The minimum Gasteiger partial charge on any atom is -0.480 e.